The number of hydrogen-bond acceptors (Lipinski definition) is 4. The standard InChI is InChI=1S/C38H43NO2S/c1-37(2,3)35(34(36(40)41-38(4,5)6)28-42-33-23-14-9-15-24-33)31-21-16-22-32(25-31)39(26-29-17-10-7-11-18-29)27-30-19-12-8-13-20-30/h7-25,28,35H,26-27H2,1-6H3/b34-28+/t35-/m1/s1. The van der Waals surface area contributed by atoms with Gasteiger partial charge < -0.3 is 9.64 Å². The highest BCUT2D eigenvalue weighted by molar-refractivity contribution is 8.02. The average Bonchev–Trinajstić information content (AvgIpc) is 2.95. The molecule has 0 aliphatic rings. The van der Waals surface area contributed by atoms with Crippen molar-refractivity contribution < 1.29 is 9.53 Å². The lowest BCUT2D eigenvalue weighted by atomic mass is 9.72. The van der Waals surface area contributed by atoms with Gasteiger partial charge in [-0.2, -0.15) is 0 Å². The molecule has 0 aliphatic heterocycles. The molecule has 0 saturated carbocycles. The van der Waals surface area contributed by atoms with Crippen molar-refractivity contribution in [2.45, 2.75) is 71.0 Å². The molecule has 1 atom stereocenters. The zero-order valence-corrected chi connectivity index (χ0v) is 26.5. The molecule has 0 aromatic heterocycles. The predicted molar refractivity (Wildman–Crippen MR) is 178 cm³/mol. The molecule has 0 spiro atoms. The van der Waals surface area contributed by atoms with E-state index in [0.717, 1.165) is 29.2 Å². The van der Waals surface area contributed by atoms with Crippen molar-refractivity contribution in [3.8, 4) is 0 Å². The van der Waals surface area contributed by atoms with E-state index in [2.05, 4.69) is 123 Å². The highest BCUT2D eigenvalue weighted by Crippen LogP contribution is 2.44. The maximum Gasteiger partial charge on any atom is 0.335 e. The highest BCUT2D eigenvalue weighted by atomic mass is 32.2. The van der Waals surface area contributed by atoms with Crippen LogP contribution in [-0.2, 0) is 22.6 Å². The number of carbonyl (C=O) groups excluding carboxylic acids is 1. The first-order chi connectivity index (χ1) is 20.0. The van der Waals surface area contributed by atoms with Crippen LogP contribution in [0.1, 0.15) is 64.2 Å². The summed E-state index contributed by atoms with van der Waals surface area (Å²) in [5, 5.41) is 2.00. The largest absolute Gasteiger partial charge is 0.457 e. The maximum atomic E-state index is 13.8. The SMILES string of the molecule is CC(C)(C)OC(=O)/C(=C/Sc1ccccc1)[C@@H](c1cccc(N(Cc2ccccc2)Cc2ccccc2)c1)C(C)(C)C. The molecule has 3 nitrogen and oxygen atoms in total. The van der Waals surface area contributed by atoms with Gasteiger partial charge in [-0.3, -0.25) is 0 Å². The molecule has 4 aromatic rings. The van der Waals surface area contributed by atoms with Gasteiger partial charge in [0.1, 0.15) is 5.60 Å². The maximum absolute atomic E-state index is 13.8. The molecule has 0 amide bonds. The van der Waals surface area contributed by atoms with Crippen LogP contribution in [0.4, 0.5) is 5.69 Å². The summed E-state index contributed by atoms with van der Waals surface area (Å²) in [7, 11) is 0. The van der Waals surface area contributed by atoms with Crippen LogP contribution in [0.25, 0.3) is 0 Å². The average molecular weight is 578 g/mol. The van der Waals surface area contributed by atoms with Gasteiger partial charge in [-0.15, -0.1) is 0 Å². The molecule has 0 radical (unpaired) electrons. The van der Waals surface area contributed by atoms with Crippen LogP contribution in [0, 0.1) is 5.41 Å². The zero-order valence-electron chi connectivity index (χ0n) is 25.7. The van der Waals surface area contributed by atoms with Crippen LogP contribution in [-0.4, -0.2) is 11.6 Å². The summed E-state index contributed by atoms with van der Waals surface area (Å²) >= 11 is 1.56. The molecule has 0 bridgehead atoms. The summed E-state index contributed by atoms with van der Waals surface area (Å²) in [5.74, 6) is -0.458. The quantitative estimate of drug-likeness (QED) is 0.107. The van der Waals surface area contributed by atoms with E-state index in [4.69, 9.17) is 4.74 Å². The van der Waals surface area contributed by atoms with Crippen molar-refractivity contribution in [2.24, 2.45) is 5.41 Å². The third-order valence-electron chi connectivity index (χ3n) is 6.88. The van der Waals surface area contributed by atoms with E-state index < -0.39 is 5.60 Å². The fourth-order valence-corrected chi connectivity index (χ4v) is 5.90. The molecule has 4 rings (SSSR count). The normalized spacial score (nSPS) is 13.0. The molecule has 218 valence electrons. The van der Waals surface area contributed by atoms with Gasteiger partial charge >= 0.3 is 5.97 Å². The minimum Gasteiger partial charge on any atom is -0.457 e. The second-order valence-corrected chi connectivity index (χ2v) is 13.7. The zero-order chi connectivity index (χ0) is 30.2. The van der Waals surface area contributed by atoms with Crippen LogP contribution >= 0.6 is 11.8 Å². The van der Waals surface area contributed by atoms with Crippen molar-refractivity contribution in [1.29, 1.82) is 0 Å². The van der Waals surface area contributed by atoms with E-state index in [9.17, 15) is 4.79 Å². The Morgan fingerprint density at radius 1 is 0.738 bits per heavy atom. The molecule has 4 heteroatoms. The van der Waals surface area contributed by atoms with Crippen LogP contribution in [0.2, 0.25) is 0 Å². The molecule has 0 unspecified atom stereocenters. The third-order valence-corrected chi connectivity index (χ3v) is 7.79. The lowest BCUT2D eigenvalue weighted by molar-refractivity contribution is -0.150. The van der Waals surface area contributed by atoms with Crippen molar-refractivity contribution in [3.63, 3.8) is 0 Å². The Morgan fingerprint density at radius 3 is 1.76 bits per heavy atom. The van der Waals surface area contributed by atoms with Gasteiger partial charge in [-0.25, -0.2) is 4.79 Å². The third kappa shape index (κ3) is 9.12. The Kier molecular flexibility index (Phi) is 10.3. The number of anilines is 1. The molecular weight excluding hydrogens is 534 g/mol. The second-order valence-electron chi connectivity index (χ2n) is 12.7. The number of rotatable bonds is 10. The van der Waals surface area contributed by atoms with Gasteiger partial charge in [0, 0.05) is 29.6 Å². The number of hydrogen-bond donors (Lipinski definition) is 0. The first kappa shape index (κ1) is 31.2. The van der Waals surface area contributed by atoms with Crippen LogP contribution in [0.15, 0.2) is 131 Å². The van der Waals surface area contributed by atoms with Gasteiger partial charge in [-0.1, -0.05) is 124 Å². The summed E-state index contributed by atoms with van der Waals surface area (Å²) in [6.07, 6.45) is 0. The molecule has 0 N–H and O–H groups in total. The number of benzene rings is 4. The van der Waals surface area contributed by atoms with Crippen molar-refractivity contribution in [3.05, 3.63) is 143 Å². The summed E-state index contributed by atoms with van der Waals surface area (Å²) < 4.78 is 5.99. The highest BCUT2D eigenvalue weighted by Gasteiger charge is 2.35. The van der Waals surface area contributed by atoms with E-state index >= 15 is 0 Å². The van der Waals surface area contributed by atoms with Gasteiger partial charge in [0.15, 0.2) is 0 Å². The van der Waals surface area contributed by atoms with Crippen LogP contribution in [0.3, 0.4) is 0 Å². The topological polar surface area (TPSA) is 29.5 Å². The van der Waals surface area contributed by atoms with E-state index in [1.165, 1.54) is 11.1 Å². The minimum atomic E-state index is -0.597. The van der Waals surface area contributed by atoms with Crippen LogP contribution in [0.5, 0.6) is 0 Å². The van der Waals surface area contributed by atoms with Crippen LogP contribution < -0.4 is 4.90 Å². The molecule has 0 saturated heterocycles. The molecule has 4 aromatic carbocycles. The summed E-state index contributed by atoms with van der Waals surface area (Å²) in [5.41, 5.74) is 4.54. The Morgan fingerprint density at radius 2 is 1.26 bits per heavy atom. The van der Waals surface area contributed by atoms with E-state index in [-0.39, 0.29) is 17.3 Å². The summed E-state index contributed by atoms with van der Waals surface area (Å²) in [6.45, 7) is 13.9. The summed E-state index contributed by atoms with van der Waals surface area (Å²) in [6, 6.07) is 40.0. The number of thioether (sulfide) groups is 1. The monoisotopic (exact) mass is 577 g/mol. The molecule has 0 fully saturated rings. The van der Waals surface area contributed by atoms with Crippen molar-refractivity contribution in [1.82, 2.24) is 0 Å². The first-order valence-corrected chi connectivity index (χ1v) is 15.5. The minimum absolute atomic E-state index is 0.182. The van der Waals surface area contributed by atoms with E-state index in [0.29, 0.717) is 5.57 Å². The predicted octanol–water partition coefficient (Wildman–Crippen LogP) is 10.0. The van der Waals surface area contributed by atoms with E-state index in [1.807, 2.05) is 44.4 Å². The number of nitrogens with zero attached hydrogens (tertiary/aromatic N) is 1. The Bertz CT molecular complexity index is 1410. The number of esters is 1. The number of ether oxygens (including phenoxy) is 1. The lowest BCUT2D eigenvalue weighted by Crippen LogP contribution is -2.30. The Hall–Kier alpha value is -3.76. The Balaban J connectivity index is 1.77. The number of carbonyl (C=O) groups is 1. The van der Waals surface area contributed by atoms with E-state index in [1.54, 1.807) is 11.8 Å². The second kappa shape index (κ2) is 13.9. The van der Waals surface area contributed by atoms with Gasteiger partial charge in [0.25, 0.3) is 0 Å². The van der Waals surface area contributed by atoms with Crippen molar-refractivity contribution in [2.75, 3.05) is 4.90 Å². The molecule has 0 aliphatic carbocycles. The smallest absolute Gasteiger partial charge is 0.335 e. The lowest BCUT2D eigenvalue weighted by Gasteiger charge is -2.34. The molecule has 0 heterocycles. The van der Waals surface area contributed by atoms with Gasteiger partial charge in [-0.05, 0) is 72.6 Å². The summed E-state index contributed by atoms with van der Waals surface area (Å²) in [4.78, 5) is 17.3. The first-order valence-electron chi connectivity index (χ1n) is 14.6. The van der Waals surface area contributed by atoms with Gasteiger partial charge in [0.2, 0.25) is 0 Å². The molecule has 42 heavy (non-hydrogen) atoms. The fourth-order valence-electron chi connectivity index (χ4n) is 5.09. The Labute approximate surface area is 256 Å². The molecular formula is C38H43NO2S. The van der Waals surface area contributed by atoms with Crippen molar-refractivity contribution >= 4 is 23.4 Å². The fraction of sp³-hybridized carbons (Fsp3) is 0.289. The van der Waals surface area contributed by atoms with Gasteiger partial charge in [0.05, 0.1) is 5.57 Å².